The molecule has 0 N–H and O–H groups in total. The van der Waals surface area contributed by atoms with Crippen molar-refractivity contribution in [2.24, 2.45) is 0 Å². The van der Waals surface area contributed by atoms with Crippen molar-refractivity contribution in [2.45, 2.75) is 0 Å². The van der Waals surface area contributed by atoms with Crippen molar-refractivity contribution >= 4 is 11.6 Å². The van der Waals surface area contributed by atoms with Gasteiger partial charge in [0.05, 0.1) is 11.8 Å². The molecule has 0 radical (unpaired) electrons. The highest BCUT2D eigenvalue weighted by molar-refractivity contribution is 6.28. The third-order valence-corrected chi connectivity index (χ3v) is 2.59. The molecule has 0 aliphatic rings. The van der Waals surface area contributed by atoms with E-state index in [1.54, 1.807) is 18.6 Å². The molecule has 0 spiro atoms. The Hall–Kier alpha value is -2.20. The minimum Gasteiger partial charge on any atom is -0.472 e. The van der Waals surface area contributed by atoms with Gasteiger partial charge >= 0.3 is 0 Å². The zero-order valence-electron chi connectivity index (χ0n) is 9.25. The summed E-state index contributed by atoms with van der Waals surface area (Å²) in [6.07, 6.45) is 3.13. The van der Waals surface area contributed by atoms with E-state index in [0.29, 0.717) is 11.6 Å². The number of rotatable bonds is 2. The van der Waals surface area contributed by atoms with Crippen LogP contribution in [0.15, 0.2) is 53.3 Å². The zero-order chi connectivity index (χ0) is 12.4. The molecule has 0 saturated carbocycles. The minimum absolute atomic E-state index is 0.167. The molecule has 0 aliphatic carbocycles. The summed E-state index contributed by atoms with van der Waals surface area (Å²) in [4.78, 5) is 12.6. The lowest BCUT2D eigenvalue weighted by Crippen LogP contribution is -1.96. The summed E-state index contributed by atoms with van der Waals surface area (Å²) >= 11 is 5.92. The monoisotopic (exact) mass is 257 g/mol. The molecule has 0 bridgehead atoms. The van der Waals surface area contributed by atoms with Crippen LogP contribution in [-0.4, -0.2) is 15.0 Å². The summed E-state index contributed by atoms with van der Waals surface area (Å²) in [6, 6.07) is 11.4. The third kappa shape index (κ3) is 2.10. The third-order valence-electron chi connectivity index (χ3n) is 2.42. The van der Waals surface area contributed by atoms with Gasteiger partial charge in [0.25, 0.3) is 0 Å². The highest BCUT2D eigenvalue weighted by atomic mass is 35.5. The lowest BCUT2D eigenvalue weighted by Gasteiger charge is -2.02. The number of nitrogens with zero attached hydrogens (tertiary/aromatic N) is 3. The van der Waals surface area contributed by atoms with Crippen LogP contribution in [0.5, 0.6) is 0 Å². The molecule has 3 aromatic rings. The smallest absolute Gasteiger partial charge is 0.226 e. The van der Waals surface area contributed by atoms with E-state index in [9.17, 15) is 0 Å². The van der Waals surface area contributed by atoms with Gasteiger partial charge in [0.2, 0.25) is 5.28 Å². The van der Waals surface area contributed by atoms with Crippen LogP contribution in [0.2, 0.25) is 5.28 Å². The molecule has 2 heterocycles. The average molecular weight is 258 g/mol. The molecule has 5 heteroatoms. The van der Waals surface area contributed by atoms with Crippen molar-refractivity contribution < 1.29 is 4.42 Å². The van der Waals surface area contributed by atoms with E-state index in [1.165, 1.54) is 0 Å². The molecule has 0 unspecified atom stereocenters. The van der Waals surface area contributed by atoms with E-state index in [-0.39, 0.29) is 5.28 Å². The van der Waals surface area contributed by atoms with Gasteiger partial charge < -0.3 is 4.42 Å². The first kappa shape index (κ1) is 10.9. The van der Waals surface area contributed by atoms with Crippen molar-refractivity contribution in [3.63, 3.8) is 0 Å². The first-order valence-electron chi connectivity index (χ1n) is 5.32. The Balaban J connectivity index is 2.12. The van der Waals surface area contributed by atoms with Gasteiger partial charge in [0.15, 0.2) is 11.6 Å². The highest BCUT2D eigenvalue weighted by Gasteiger charge is 2.09. The fraction of sp³-hybridized carbons (Fsp3) is 0. The molecule has 88 valence electrons. The number of hydrogen-bond donors (Lipinski definition) is 0. The maximum atomic E-state index is 5.92. The van der Waals surface area contributed by atoms with Crippen molar-refractivity contribution in [3.05, 3.63) is 54.2 Å². The van der Waals surface area contributed by atoms with E-state index in [4.69, 9.17) is 16.0 Å². The van der Waals surface area contributed by atoms with Crippen molar-refractivity contribution in [3.8, 4) is 22.8 Å². The van der Waals surface area contributed by atoms with Gasteiger partial charge in [-0.1, -0.05) is 30.3 Å². The average Bonchev–Trinajstić information content (AvgIpc) is 2.93. The van der Waals surface area contributed by atoms with Gasteiger partial charge in [-0.15, -0.1) is 0 Å². The standard InChI is InChI=1S/C13H8ClN3O/c14-13-16-11(9-4-2-1-3-5-9)15-12(17-13)10-6-7-18-8-10/h1-8H. The van der Waals surface area contributed by atoms with Gasteiger partial charge in [0, 0.05) is 5.56 Å². The Labute approximate surface area is 108 Å². The molecule has 0 saturated heterocycles. The maximum Gasteiger partial charge on any atom is 0.226 e. The second-order valence-corrected chi connectivity index (χ2v) is 3.97. The molecule has 18 heavy (non-hydrogen) atoms. The molecule has 0 fully saturated rings. The van der Waals surface area contributed by atoms with Gasteiger partial charge in [-0.2, -0.15) is 9.97 Å². The summed E-state index contributed by atoms with van der Waals surface area (Å²) in [7, 11) is 0. The zero-order valence-corrected chi connectivity index (χ0v) is 10.0. The second-order valence-electron chi connectivity index (χ2n) is 3.63. The number of furan rings is 1. The fourth-order valence-corrected chi connectivity index (χ4v) is 1.75. The van der Waals surface area contributed by atoms with Crippen LogP contribution in [0, 0.1) is 0 Å². The number of aromatic nitrogens is 3. The Bertz CT molecular complexity index is 653. The van der Waals surface area contributed by atoms with E-state index in [2.05, 4.69) is 15.0 Å². The molecule has 1 aromatic carbocycles. The van der Waals surface area contributed by atoms with Gasteiger partial charge in [-0.05, 0) is 17.7 Å². The quantitative estimate of drug-likeness (QED) is 0.706. The topological polar surface area (TPSA) is 51.8 Å². The van der Waals surface area contributed by atoms with Crippen LogP contribution in [0.25, 0.3) is 22.8 Å². The SMILES string of the molecule is Clc1nc(-c2ccccc2)nc(-c2ccoc2)n1. The normalized spacial score (nSPS) is 10.5. The Morgan fingerprint density at radius 1 is 0.833 bits per heavy atom. The van der Waals surface area contributed by atoms with Gasteiger partial charge in [-0.3, -0.25) is 0 Å². The lowest BCUT2D eigenvalue weighted by molar-refractivity contribution is 0.568. The maximum absolute atomic E-state index is 5.92. The first-order chi connectivity index (χ1) is 8.83. The molecular weight excluding hydrogens is 250 g/mol. The molecule has 0 aliphatic heterocycles. The summed E-state index contributed by atoms with van der Waals surface area (Å²) in [6.45, 7) is 0. The van der Waals surface area contributed by atoms with E-state index >= 15 is 0 Å². The van der Waals surface area contributed by atoms with Crippen LogP contribution in [-0.2, 0) is 0 Å². The number of hydrogen-bond acceptors (Lipinski definition) is 4. The summed E-state index contributed by atoms with van der Waals surface area (Å²) in [5.74, 6) is 1.05. The van der Waals surface area contributed by atoms with Crippen molar-refractivity contribution in [1.82, 2.24) is 15.0 Å². The van der Waals surface area contributed by atoms with Crippen LogP contribution in [0.3, 0.4) is 0 Å². The van der Waals surface area contributed by atoms with Crippen LogP contribution in [0.1, 0.15) is 0 Å². The highest BCUT2D eigenvalue weighted by Crippen LogP contribution is 2.21. The fourth-order valence-electron chi connectivity index (χ4n) is 1.59. The Morgan fingerprint density at radius 2 is 1.56 bits per heavy atom. The van der Waals surface area contributed by atoms with Gasteiger partial charge in [0.1, 0.15) is 6.26 Å². The number of benzene rings is 1. The molecule has 0 atom stereocenters. The molecule has 3 rings (SSSR count). The molecule has 0 amide bonds. The van der Waals surface area contributed by atoms with Gasteiger partial charge in [-0.25, -0.2) is 4.98 Å². The van der Waals surface area contributed by atoms with Crippen LogP contribution < -0.4 is 0 Å². The van der Waals surface area contributed by atoms with Crippen LogP contribution >= 0.6 is 11.6 Å². The predicted molar refractivity (Wildman–Crippen MR) is 68.0 cm³/mol. The summed E-state index contributed by atoms with van der Waals surface area (Å²) in [5, 5.41) is 0.167. The largest absolute Gasteiger partial charge is 0.472 e. The minimum atomic E-state index is 0.167. The van der Waals surface area contributed by atoms with Crippen molar-refractivity contribution in [2.75, 3.05) is 0 Å². The van der Waals surface area contributed by atoms with E-state index < -0.39 is 0 Å². The first-order valence-corrected chi connectivity index (χ1v) is 5.70. The predicted octanol–water partition coefficient (Wildman–Crippen LogP) is 3.45. The van der Waals surface area contributed by atoms with Crippen LogP contribution in [0.4, 0.5) is 0 Å². The molecular formula is C13H8ClN3O. The summed E-state index contributed by atoms with van der Waals surface area (Å²) in [5.41, 5.74) is 1.67. The lowest BCUT2D eigenvalue weighted by atomic mass is 10.2. The Kier molecular flexibility index (Phi) is 2.78. The molecule has 4 nitrogen and oxygen atoms in total. The van der Waals surface area contributed by atoms with Crippen molar-refractivity contribution in [1.29, 1.82) is 0 Å². The van der Waals surface area contributed by atoms with E-state index in [1.807, 2.05) is 30.3 Å². The second kappa shape index (κ2) is 4.58. The number of halogens is 1. The summed E-state index contributed by atoms with van der Waals surface area (Å²) < 4.78 is 5.01. The van der Waals surface area contributed by atoms with E-state index in [0.717, 1.165) is 11.1 Å². The Morgan fingerprint density at radius 3 is 2.22 bits per heavy atom. The molecule has 2 aromatic heterocycles.